The Labute approximate surface area is 139 Å². The summed E-state index contributed by atoms with van der Waals surface area (Å²) in [6.07, 6.45) is 4.03. The minimum Gasteiger partial charge on any atom is -0.326 e. The topological polar surface area (TPSA) is 88.9 Å². The maximum atomic E-state index is 12.3. The van der Waals surface area contributed by atoms with E-state index in [4.69, 9.17) is 11.6 Å². The van der Waals surface area contributed by atoms with Gasteiger partial charge in [0.1, 0.15) is 18.7 Å². The van der Waals surface area contributed by atoms with Crippen molar-refractivity contribution in [2.75, 3.05) is 10.6 Å². The van der Waals surface area contributed by atoms with E-state index in [0.717, 1.165) is 6.42 Å². The minimum absolute atomic E-state index is 0.0805. The summed E-state index contributed by atoms with van der Waals surface area (Å²) < 4.78 is 1.44. The summed E-state index contributed by atoms with van der Waals surface area (Å²) in [6, 6.07) is 4.40. The lowest BCUT2D eigenvalue weighted by atomic mass is 10.2. The zero-order valence-corrected chi connectivity index (χ0v) is 13.7. The van der Waals surface area contributed by atoms with Gasteiger partial charge in [-0.2, -0.15) is 5.10 Å². The number of carbonyl (C=O) groups excluding carboxylic acids is 2. The maximum Gasteiger partial charge on any atom is 0.249 e. The number of hydrogen-bond acceptors (Lipinski definition) is 4. The van der Waals surface area contributed by atoms with Crippen LogP contribution in [0.1, 0.15) is 32.7 Å². The molecule has 0 unspecified atom stereocenters. The second-order valence-corrected chi connectivity index (χ2v) is 5.44. The fourth-order valence-corrected chi connectivity index (χ4v) is 2.09. The lowest BCUT2D eigenvalue weighted by molar-refractivity contribution is -0.119. The number of anilines is 2. The molecule has 2 rings (SSSR count). The third kappa shape index (κ3) is 4.53. The molecule has 0 aliphatic carbocycles. The van der Waals surface area contributed by atoms with Crippen LogP contribution in [0.2, 0.25) is 5.02 Å². The first-order chi connectivity index (χ1) is 11.0. The Morgan fingerprint density at radius 1 is 1.35 bits per heavy atom. The van der Waals surface area contributed by atoms with E-state index in [1.807, 2.05) is 6.92 Å². The zero-order chi connectivity index (χ0) is 16.8. The molecule has 23 heavy (non-hydrogen) atoms. The number of aromatic nitrogens is 3. The van der Waals surface area contributed by atoms with E-state index in [1.165, 1.54) is 17.3 Å². The third-order valence-corrected chi connectivity index (χ3v) is 3.53. The summed E-state index contributed by atoms with van der Waals surface area (Å²) in [4.78, 5) is 27.7. The summed E-state index contributed by atoms with van der Waals surface area (Å²) >= 11 is 6.11. The van der Waals surface area contributed by atoms with Crippen LogP contribution in [0.4, 0.5) is 11.4 Å². The molecule has 1 atom stereocenters. The molecule has 0 saturated heterocycles. The fourth-order valence-electron chi connectivity index (χ4n) is 1.92. The first-order valence-electron chi connectivity index (χ1n) is 7.25. The summed E-state index contributed by atoms with van der Waals surface area (Å²) in [5.41, 5.74) is 1.01. The molecule has 0 aliphatic rings. The largest absolute Gasteiger partial charge is 0.326 e. The molecule has 8 heteroatoms. The molecule has 2 N–H and O–H groups in total. The highest BCUT2D eigenvalue weighted by Gasteiger charge is 2.17. The molecule has 2 aromatic rings. The van der Waals surface area contributed by atoms with Crippen LogP contribution in [0.3, 0.4) is 0 Å². The van der Waals surface area contributed by atoms with Crippen molar-refractivity contribution in [1.82, 2.24) is 14.8 Å². The molecule has 0 radical (unpaired) electrons. The van der Waals surface area contributed by atoms with E-state index in [9.17, 15) is 9.59 Å². The van der Waals surface area contributed by atoms with Gasteiger partial charge in [-0.15, -0.1) is 0 Å². The van der Waals surface area contributed by atoms with Gasteiger partial charge in [0.15, 0.2) is 0 Å². The van der Waals surface area contributed by atoms with Crippen LogP contribution in [0.5, 0.6) is 0 Å². The van der Waals surface area contributed by atoms with Crippen molar-refractivity contribution in [3.63, 3.8) is 0 Å². The van der Waals surface area contributed by atoms with Crippen LogP contribution in [-0.4, -0.2) is 26.6 Å². The van der Waals surface area contributed by atoms with Crippen LogP contribution in [-0.2, 0) is 9.59 Å². The van der Waals surface area contributed by atoms with Gasteiger partial charge in [0.2, 0.25) is 11.8 Å². The van der Waals surface area contributed by atoms with Crippen molar-refractivity contribution in [3.05, 3.63) is 35.9 Å². The predicted octanol–water partition coefficient (Wildman–Crippen LogP) is 2.87. The van der Waals surface area contributed by atoms with Crippen molar-refractivity contribution in [2.24, 2.45) is 0 Å². The predicted molar refractivity (Wildman–Crippen MR) is 88.4 cm³/mol. The summed E-state index contributed by atoms with van der Waals surface area (Å²) in [6.45, 7) is 3.63. The Kier molecular flexibility index (Phi) is 5.70. The molecule has 0 fully saturated rings. The van der Waals surface area contributed by atoms with Gasteiger partial charge in [0.05, 0.1) is 10.7 Å². The number of rotatable bonds is 6. The number of hydrogen-bond donors (Lipinski definition) is 2. The molecule has 122 valence electrons. The first-order valence-corrected chi connectivity index (χ1v) is 7.63. The van der Waals surface area contributed by atoms with Crippen molar-refractivity contribution in [2.45, 2.75) is 32.7 Å². The number of nitrogens with zero attached hydrogens (tertiary/aromatic N) is 3. The van der Waals surface area contributed by atoms with E-state index >= 15 is 0 Å². The normalized spacial score (nSPS) is 11.8. The molecule has 1 aromatic carbocycles. The average molecular weight is 336 g/mol. The van der Waals surface area contributed by atoms with Crippen LogP contribution in [0.15, 0.2) is 30.9 Å². The SMILES string of the molecule is CCCC(=O)Nc1ccc(Cl)c(NC(=O)[C@@H](C)n2cncn2)c1. The number of benzene rings is 1. The molecular formula is C15H18ClN5O2. The van der Waals surface area contributed by atoms with Crippen molar-refractivity contribution < 1.29 is 9.59 Å². The van der Waals surface area contributed by atoms with Crippen molar-refractivity contribution >= 4 is 34.8 Å². The first kappa shape index (κ1) is 17.0. The summed E-state index contributed by atoms with van der Waals surface area (Å²) in [7, 11) is 0. The van der Waals surface area contributed by atoms with Gasteiger partial charge in [-0.05, 0) is 31.5 Å². The Morgan fingerprint density at radius 2 is 2.13 bits per heavy atom. The lowest BCUT2D eigenvalue weighted by Gasteiger charge is -2.14. The van der Waals surface area contributed by atoms with E-state index in [1.54, 1.807) is 25.1 Å². The van der Waals surface area contributed by atoms with Crippen LogP contribution in [0, 0.1) is 0 Å². The van der Waals surface area contributed by atoms with E-state index < -0.39 is 6.04 Å². The van der Waals surface area contributed by atoms with Crippen LogP contribution < -0.4 is 10.6 Å². The second kappa shape index (κ2) is 7.73. The quantitative estimate of drug-likeness (QED) is 0.849. The molecule has 1 heterocycles. The summed E-state index contributed by atoms with van der Waals surface area (Å²) in [5, 5.41) is 9.82. The van der Waals surface area contributed by atoms with Crippen LogP contribution >= 0.6 is 11.6 Å². The molecule has 0 saturated carbocycles. The van der Waals surface area contributed by atoms with Gasteiger partial charge in [-0.3, -0.25) is 9.59 Å². The van der Waals surface area contributed by atoms with Gasteiger partial charge in [0, 0.05) is 12.1 Å². The highest BCUT2D eigenvalue weighted by Crippen LogP contribution is 2.26. The van der Waals surface area contributed by atoms with Gasteiger partial charge in [-0.1, -0.05) is 18.5 Å². The molecule has 1 aromatic heterocycles. The molecule has 0 bridgehead atoms. The number of halogens is 1. The van der Waals surface area contributed by atoms with E-state index in [2.05, 4.69) is 20.7 Å². The fraction of sp³-hybridized carbons (Fsp3) is 0.333. The number of amides is 2. The van der Waals surface area contributed by atoms with Crippen LogP contribution in [0.25, 0.3) is 0 Å². The van der Waals surface area contributed by atoms with Crippen molar-refractivity contribution in [1.29, 1.82) is 0 Å². The molecule has 2 amide bonds. The number of nitrogens with one attached hydrogen (secondary N) is 2. The maximum absolute atomic E-state index is 12.3. The third-order valence-electron chi connectivity index (χ3n) is 3.20. The molecular weight excluding hydrogens is 318 g/mol. The monoisotopic (exact) mass is 335 g/mol. The standard InChI is InChI=1S/C15H18ClN5O2/c1-3-4-14(22)19-11-5-6-12(16)13(7-11)20-15(23)10(2)21-9-17-8-18-21/h5-10H,3-4H2,1-2H3,(H,19,22)(H,20,23)/t10-/m1/s1. The highest BCUT2D eigenvalue weighted by molar-refractivity contribution is 6.33. The van der Waals surface area contributed by atoms with Gasteiger partial charge < -0.3 is 10.6 Å². The zero-order valence-electron chi connectivity index (χ0n) is 12.9. The van der Waals surface area contributed by atoms with Gasteiger partial charge in [-0.25, -0.2) is 9.67 Å². The second-order valence-electron chi connectivity index (χ2n) is 5.03. The average Bonchev–Trinajstić information content (AvgIpc) is 3.04. The molecule has 7 nitrogen and oxygen atoms in total. The smallest absolute Gasteiger partial charge is 0.249 e. The molecule has 0 spiro atoms. The van der Waals surface area contributed by atoms with E-state index in [-0.39, 0.29) is 11.8 Å². The number of carbonyl (C=O) groups is 2. The van der Waals surface area contributed by atoms with Crippen molar-refractivity contribution in [3.8, 4) is 0 Å². The lowest BCUT2D eigenvalue weighted by Crippen LogP contribution is -2.24. The Bertz CT molecular complexity index is 687. The van der Waals surface area contributed by atoms with Gasteiger partial charge in [0.25, 0.3) is 0 Å². The molecule has 0 aliphatic heterocycles. The Balaban J connectivity index is 2.09. The highest BCUT2D eigenvalue weighted by atomic mass is 35.5. The van der Waals surface area contributed by atoms with E-state index in [0.29, 0.717) is 22.8 Å². The minimum atomic E-state index is -0.535. The summed E-state index contributed by atoms with van der Waals surface area (Å²) in [5.74, 6) is -0.363. The Morgan fingerprint density at radius 3 is 2.78 bits per heavy atom. The van der Waals surface area contributed by atoms with Gasteiger partial charge >= 0.3 is 0 Å². The Hall–Kier alpha value is -2.41.